The molecule has 0 aromatic rings. The van der Waals surface area contributed by atoms with Crippen LogP contribution < -0.4 is 0 Å². The SMILES string of the molecule is CC(C)(CCCO)CN1C(=O)CC(C)(C)C1=O. The molecule has 0 atom stereocenters. The van der Waals surface area contributed by atoms with Gasteiger partial charge in [-0.3, -0.25) is 14.5 Å². The highest BCUT2D eigenvalue weighted by Crippen LogP contribution is 2.34. The van der Waals surface area contributed by atoms with Gasteiger partial charge in [-0.2, -0.15) is 0 Å². The summed E-state index contributed by atoms with van der Waals surface area (Å²) in [5, 5.41) is 8.83. The lowest BCUT2D eigenvalue weighted by Crippen LogP contribution is -2.40. The minimum Gasteiger partial charge on any atom is -0.396 e. The molecule has 0 spiro atoms. The predicted octanol–water partition coefficient (Wildman–Crippen LogP) is 1.57. The van der Waals surface area contributed by atoms with E-state index in [1.54, 1.807) is 0 Å². The van der Waals surface area contributed by atoms with Gasteiger partial charge in [-0.1, -0.05) is 27.7 Å². The molecule has 2 amide bonds. The number of nitrogens with zero attached hydrogens (tertiary/aromatic N) is 1. The van der Waals surface area contributed by atoms with Crippen molar-refractivity contribution in [2.24, 2.45) is 10.8 Å². The fourth-order valence-electron chi connectivity index (χ4n) is 2.25. The van der Waals surface area contributed by atoms with Gasteiger partial charge in [0.15, 0.2) is 0 Å². The Balaban J connectivity index is 2.69. The number of imide groups is 1. The van der Waals surface area contributed by atoms with Gasteiger partial charge in [0.1, 0.15) is 0 Å². The first-order chi connectivity index (χ1) is 7.69. The van der Waals surface area contributed by atoms with E-state index in [-0.39, 0.29) is 23.8 Å². The molecule has 0 radical (unpaired) electrons. The number of aliphatic hydroxyl groups is 1. The van der Waals surface area contributed by atoms with Crippen LogP contribution in [0.25, 0.3) is 0 Å². The number of rotatable bonds is 5. The normalized spacial score (nSPS) is 20.2. The van der Waals surface area contributed by atoms with Crippen molar-refractivity contribution in [3.05, 3.63) is 0 Å². The molecule has 1 rings (SSSR count). The van der Waals surface area contributed by atoms with E-state index in [0.717, 1.165) is 6.42 Å². The van der Waals surface area contributed by atoms with E-state index in [2.05, 4.69) is 0 Å². The molecule has 0 aromatic carbocycles. The Morgan fingerprint density at radius 3 is 2.35 bits per heavy atom. The van der Waals surface area contributed by atoms with Crippen molar-refractivity contribution in [2.45, 2.75) is 47.0 Å². The number of hydrogen-bond donors (Lipinski definition) is 1. The maximum absolute atomic E-state index is 12.0. The molecule has 1 heterocycles. The van der Waals surface area contributed by atoms with E-state index in [1.807, 2.05) is 27.7 Å². The number of aliphatic hydroxyl groups excluding tert-OH is 1. The molecule has 17 heavy (non-hydrogen) atoms. The molecule has 0 saturated carbocycles. The average molecular weight is 241 g/mol. The molecule has 0 unspecified atom stereocenters. The summed E-state index contributed by atoms with van der Waals surface area (Å²) >= 11 is 0. The van der Waals surface area contributed by atoms with Crippen molar-refractivity contribution in [3.63, 3.8) is 0 Å². The van der Waals surface area contributed by atoms with Gasteiger partial charge in [-0.25, -0.2) is 0 Å². The van der Waals surface area contributed by atoms with E-state index in [9.17, 15) is 9.59 Å². The minimum absolute atomic E-state index is 0.0698. The Bertz CT molecular complexity index is 321. The molecule has 4 heteroatoms. The third-order valence-corrected chi connectivity index (χ3v) is 3.32. The summed E-state index contributed by atoms with van der Waals surface area (Å²) in [7, 11) is 0. The van der Waals surface area contributed by atoms with Gasteiger partial charge in [0.05, 0.1) is 5.41 Å². The number of carbonyl (C=O) groups is 2. The van der Waals surface area contributed by atoms with Crippen LogP contribution in [0.15, 0.2) is 0 Å². The first kappa shape index (κ1) is 14.2. The maximum atomic E-state index is 12.0. The molecule has 1 fully saturated rings. The molecule has 0 bridgehead atoms. The number of amides is 2. The predicted molar refractivity (Wildman–Crippen MR) is 65.2 cm³/mol. The summed E-state index contributed by atoms with van der Waals surface area (Å²) in [4.78, 5) is 25.2. The van der Waals surface area contributed by atoms with Crippen LogP contribution in [0, 0.1) is 10.8 Å². The van der Waals surface area contributed by atoms with Crippen LogP contribution in [0.2, 0.25) is 0 Å². The summed E-state index contributed by atoms with van der Waals surface area (Å²) in [5.41, 5.74) is -0.682. The average Bonchev–Trinajstić information content (AvgIpc) is 2.38. The first-order valence-electron chi connectivity index (χ1n) is 6.15. The van der Waals surface area contributed by atoms with Crippen molar-refractivity contribution < 1.29 is 14.7 Å². The lowest BCUT2D eigenvalue weighted by Gasteiger charge is -2.29. The Labute approximate surface area is 103 Å². The molecule has 1 N–H and O–H groups in total. The quantitative estimate of drug-likeness (QED) is 0.743. The summed E-state index contributed by atoms with van der Waals surface area (Å²) in [6.07, 6.45) is 1.81. The highest BCUT2D eigenvalue weighted by Gasteiger charge is 2.45. The Morgan fingerprint density at radius 1 is 1.35 bits per heavy atom. The van der Waals surface area contributed by atoms with Gasteiger partial charge < -0.3 is 5.11 Å². The highest BCUT2D eigenvalue weighted by molar-refractivity contribution is 6.05. The fourth-order valence-corrected chi connectivity index (χ4v) is 2.25. The van der Waals surface area contributed by atoms with Crippen molar-refractivity contribution in [3.8, 4) is 0 Å². The maximum Gasteiger partial charge on any atom is 0.235 e. The Morgan fingerprint density at radius 2 is 1.94 bits per heavy atom. The van der Waals surface area contributed by atoms with Crippen LogP contribution >= 0.6 is 0 Å². The Kier molecular flexibility index (Phi) is 3.97. The Hall–Kier alpha value is -0.900. The molecule has 1 aliphatic heterocycles. The van der Waals surface area contributed by atoms with Crippen molar-refractivity contribution in [1.82, 2.24) is 4.90 Å². The van der Waals surface area contributed by atoms with E-state index >= 15 is 0 Å². The molecule has 98 valence electrons. The van der Waals surface area contributed by atoms with Crippen molar-refractivity contribution in [1.29, 1.82) is 0 Å². The molecular weight excluding hydrogens is 218 g/mol. The third-order valence-electron chi connectivity index (χ3n) is 3.32. The van der Waals surface area contributed by atoms with Gasteiger partial charge in [0.25, 0.3) is 0 Å². The van der Waals surface area contributed by atoms with E-state index < -0.39 is 5.41 Å². The molecule has 0 aliphatic carbocycles. The standard InChI is InChI=1S/C13H23NO3/c1-12(2,6-5-7-15)9-14-10(16)8-13(3,4)11(14)17/h15H,5-9H2,1-4H3. The third kappa shape index (κ3) is 3.28. The molecule has 0 aromatic heterocycles. The fraction of sp³-hybridized carbons (Fsp3) is 0.846. The zero-order valence-electron chi connectivity index (χ0n) is 11.2. The molecule has 1 aliphatic rings. The summed E-state index contributed by atoms with van der Waals surface area (Å²) in [6.45, 7) is 8.27. The van der Waals surface area contributed by atoms with E-state index in [4.69, 9.17) is 5.11 Å². The lowest BCUT2D eigenvalue weighted by molar-refractivity contribution is -0.142. The van der Waals surface area contributed by atoms with Gasteiger partial charge in [0, 0.05) is 19.6 Å². The van der Waals surface area contributed by atoms with Crippen LogP contribution in [-0.2, 0) is 9.59 Å². The van der Waals surface area contributed by atoms with Crippen molar-refractivity contribution in [2.75, 3.05) is 13.2 Å². The van der Waals surface area contributed by atoms with Crippen LogP contribution in [0.3, 0.4) is 0 Å². The zero-order chi connectivity index (χ0) is 13.3. The lowest BCUT2D eigenvalue weighted by atomic mass is 9.87. The zero-order valence-corrected chi connectivity index (χ0v) is 11.2. The van der Waals surface area contributed by atoms with Gasteiger partial charge in [-0.15, -0.1) is 0 Å². The minimum atomic E-state index is -0.551. The number of likely N-dealkylation sites (tertiary alicyclic amines) is 1. The van der Waals surface area contributed by atoms with E-state index in [1.165, 1.54) is 4.90 Å². The monoisotopic (exact) mass is 241 g/mol. The van der Waals surface area contributed by atoms with Gasteiger partial charge >= 0.3 is 0 Å². The number of hydrogen-bond acceptors (Lipinski definition) is 3. The summed E-state index contributed by atoms with van der Waals surface area (Å²) < 4.78 is 0. The van der Waals surface area contributed by atoms with Crippen LogP contribution in [0.4, 0.5) is 0 Å². The number of carbonyl (C=O) groups excluding carboxylic acids is 2. The second-order valence-corrected chi connectivity index (χ2v) is 6.34. The topological polar surface area (TPSA) is 57.6 Å². The summed E-state index contributed by atoms with van der Waals surface area (Å²) in [6, 6.07) is 0. The van der Waals surface area contributed by atoms with E-state index in [0.29, 0.717) is 19.4 Å². The first-order valence-corrected chi connectivity index (χ1v) is 6.15. The van der Waals surface area contributed by atoms with Gasteiger partial charge in [0.2, 0.25) is 11.8 Å². The van der Waals surface area contributed by atoms with Crippen LogP contribution in [-0.4, -0.2) is 35.0 Å². The largest absolute Gasteiger partial charge is 0.396 e. The van der Waals surface area contributed by atoms with Crippen LogP contribution in [0.5, 0.6) is 0 Å². The second-order valence-electron chi connectivity index (χ2n) is 6.34. The molecular formula is C13H23NO3. The van der Waals surface area contributed by atoms with Crippen LogP contribution in [0.1, 0.15) is 47.0 Å². The summed E-state index contributed by atoms with van der Waals surface area (Å²) in [5.74, 6) is -0.142. The smallest absolute Gasteiger partial charge is 0.235 e. The van der Waals surface area contributed by atoms with Crippen molar-refractivity contribution >= 4 is 11.8 Å². The molecule has 4 nitrogen and oxygen atoms in total. The highest BCUT2D eigenvalue weighted by atomic mass is 16.3. The second kappa shape index (κ2) is 4.77. The van der Waals surface area contributed by atoms with Gasteiger partial charge in [-0.05, 0) is 18.3 Å². The molecule has 1 saturated heterocycles.